The Bertz CT molecular complexity index is 374. The molecule has 0 fully saturated rings. The van der Waals surface area contributed by atoms with Crippen molar-refractivity contribution in [3.8, 4) is 5.75 Å². The number of hydrogen-bond acceptors (Lipinski definition) is 4. The van der Waals surface area contributed by atoms with Crippen LogP contribution in [0, 0.1) is 0 Å². The Balaban J connectivity index is 2.45. The fourth-order valence-electron chi connectivity index (χ4n) is 1.73. The average Bonchev–Trinajstić information content (AvgIpc) is 2.45. The molecule has 0 amide bonds. The van der Waals surface area contributed by atoms with E-state index in [9.17, 15) is 0 Å². The number of ether oxygens (including phenoxy) is 3. The van der Waals surface area contributed by atoms with E-state index < -0.39 is 0 Å². The van der Waals surface area contributed by atoms with Gasteiger partial charge in [0.15, 0.2) is 0 Å². The van der Waals surface area contributed by atoms with Crippen molar-refractivity contribution in [2.45, 2.75) is 19.9 Å². The summed E-state index contributed by atoms with van der Waals surface area (Å²) in [5.41, 5.74) is 1.06. The quantitative estimate of drug-likeness (QED) is 0.638. The minimum absolute atomic E-state index is 0.606. The maximum absolute atomic E-state index is 6.20. The van der Waals surface area contributed by atoms with E-state index in [-0.39, 0.29) is 0 Å². The Morgan fingerprint density at radius 2 is 2.05 bits per heavy atom. The van der Waals surface area contributed by atoms with Gasteiger partial charge in [-0.25, -0.2) is 0 Å². The number of rotatable bonds is 11. The average molecular weight is 302 g/mol. The molecule has 0 unspecified atom stereocenters. The maximum atomic E-state index is 6.20. The fourth-order valence-corrected chi connectivity index (χ4v) is 1.98. The molecule has 0 aliphatic heterocycles. The number of benzene rings is 1. The molecule has 20 heavy (non-hydrogen) atoms. The Morgan fingerprint density at radius 3 is 2.80 bits per heavy atom. The highest BCUT2D eigenvalue weighted by atomic mass is 35.5. The van der Waals surface area contributed by atoms with Crippen LogP contribution in [0.15, 0.2) is 18.2 Å². The van der Waals surface area contributed by atoms with E-state index in [4.69, 9.17) is 25.8 Å². The molecule has 4 nitrogen and oxygen atoms in total. The molecule has 0 atom stereocenters. The summed E-state index contributed by atoms with van der Waals surface area (Å²) in [7, 11) is 1.69. The van der Waals surface area contributed by atoms with Gasteiger partial charge in [-0.2, -0.15) is 0 Å². The van der Waals surface area contributed by atoms with Crippen molar-refractivity contribution >= 4 is 11.6 Å². The number of nitrogens with one attached hydrogen (secondary N) is 1. The van der Waals surface area contributed by atoms with Crippen LogP contribution in [-0.4, -0.2) is 40.1 Å². The summed E-state index contributed by atoms with van der Waals surface area (Å²) in [4.78, 5) is 0. The molecule has 0 bridgehead atoms. The largest absolute Gasteiger partial charge is 0.492 e. The summed E-state index contributed by atoms with van der Waals surface area (Å²) >= 11 is 6.20. The van der Waals surface area contributed by atoms with E-state index in [2.05, 4.69) is 5.32 Å². The van der Waals surface area contributed by atoms with Crippen LogP contribution in [-0.2, 0) is 16.0 Å². The summed E-state index contributed by atoms with van der Waals surface area (Å²) in [5, 5.41) is 3.94. The molecule has 1 N–H and O–H groups in total. The number of halogens is 1. The van der Waals surface area contributed by atoms with Crippen molar-refractivity contribution in [2.75, 3.05) is 40.1 Å². The number of hydrogen-bond donors (Lipinski definition) is 1. The van der Waals surface area contributed by atoms with Gasteiger partial charge in [0.05, 0.1) is 18.2 Å². The van der Waals surface area contributed by atoms with E-state index in [1.54, 1.807) is 7.11 Å². The van der Waals surface area contributed by atoms with Gasteiger partial charge in [0, 0.05) is 45.4 Å². The summed E-state index contributed by atoms with van der Waals surface area (Å²) < 4.78 is 16.1. The molecule has 1 aromatic rings. The summed E-state index contributed by atoms with van der Waals surface area (Å²) in [6.45, 7) is 6.24. The molecule has 0 aliphatic rings. The minimum atomic E-state index is 0.606. The van der Waals surface area contributed by atoms with Crippen LogP contribution in [0.25, 0.3) is 0 Å². The molecular weight excluding hydrogens is 278 g/mol. The lowest BCUT2D eigenvalue weighted by Gasteiger charge is -2.13. The second-order valence-corrected chi connectivity index (χ2v) is 4.70. The molecule has 1 aromatic carbocycles. The first kappa shape index (κ1) is 17.2. The second kappa shape index (κ2) is 10.9. The third-order valence-electron chi connectivity index (χ3n) is 2.73. The van der Waals surface area contributed by atoms with E-state index >= 15 is 0 Å². The highest BCUT2D eigenvalue weighted by molar-refractivity contribution is 6.32. The first-order valence-electron chi connectivity index (χ1n) is 6.97. The van der Waals surface area contributed by atoms with Gasteiger partial charge in [-0.15, -0.1) is 0 Å². The molecule has 0 aliphatic carbocycles. The van der Waals surface area contributed by atoms with Gasteiger partial charge in [-0.3, -0.25) is 0 Å². The Hall–Kier alpha value is -0.810. The van der Waals surface area contributed by atoms with Gasteiger partial charge < -0.3 is 19.5 Å². The molecule has 0 saturated heterocycles. The highest BCUT2D eigenvalue weighted by Crippen LogP contribution is 2.28. The molecular formula is C15H24ClNO3. The number of methoxy groups -OCH3 is 1. The molecule has 0 radical (unpaired) electrons. The fraction of sp³-hybridized carbons (Fsp3) is 0.600. The third kappa shape index (κ3) is 6.57. The normalized spacial score (nSPS) is 10.8. The predicted molar refractivity (Wildman–Crippen MR) is 81.6 cm³/mol. The summed E-state index contributed by atoms with van der Waals surface area (Å²) in [6, 6.07) is 5.80. The molecule has 0 aromatic heterocycles. The summed E-state index contributed by atoms with van der Waals surface area (Å²) in [6.07, 6.45) is 0.857. The zero-order valence-corrected chi connectivity index (χ0v) is 13.0. The van der Waals surface area contributed by atoms with E-state index in [1.807, 2.05) is 25.1 Å². The lowest BCUT2D eigenvalue weighted by molar-refractivity contribution is 0.130. The van der Waals surface area contributed by atoms with Crippen LogP contribution in [0.1, 0.15) is 18.9 Å². The molecule has 1 rings (SSSR count). The lowest BCUT2D eigenvalue weighted by atomic mass is 10.2. The summed E-state index contributed by atoms with van der Waals surface area (Å²) in [5.74, 6) is 0.760. The van der Waals surface area contributed by atoms with E-state index in [1.165, 1.54) is 0 Å². The third-order valence-corrected chi connectivity index (χ3v) is 3.03. The molecule has 0 saturated carbocycles. The Labute approximate surface area is 126 Å². The van der Waals surface area contributed by atoms with Crippen LogP contribution in [0.2, 0.25) is 5.02 Å². The van der Waals surface area contributed by atoms with Crippen LogP contribution in [0.3, 0.4) is 0 Å². The van der Waals surface area contributed by atoms with E-state index in [0.717, 1.165) is 30.9 Å². The smallest absolute Gasteiger partial charge is 0.142 e. The molecule has 5 heteroatoms. The SMILES string of the molecule is CCOCCCOc1c(Cl)cccc1CNCCOC. The van der Waals surface area contributed by atoms with Crippen LogP contribution in [0.5, 0.6) is 5.75 Å². The maximum Gasteiger partial charge on any atom is 0.142 e. The predicted octanol–water partition coefficient (Wildman–Crippen LogP) is 2.88. The zero-order chi connectivity index (χ0) is 14.6. The zero-order valence-electron chi connectivity index (χ0n) is 12.3. The van der Waals surface area contributed by atoms with E-state index in [0.29, 0.717) is 31.4 Å². The van der Waals surface area contributed by atoms with Crippen molar-refractivity contribution < 1.29 is 14.2 Å². The van der Waals surface area contributed by atoms with Crippen molar-refractivity contribution in [1.82, 2.24) is 5.32 Å². The minimum Gasteiger partial charge on any atom is -0.492 e. The van der Waals surface area contributed by atoms with Crippen LogP contribution >= 0.6 is 11.6 Å². The van der Waals surface area contributed by atoms with Crippen molar-refractivity contribution in [3.63, 3.8) is 0 Å². The van der Waals surface area contributed by atoms with Gasteiger partial charge in [-0.05, 0) is 13.0 Å². The highest BCUT2D eigenvalue weighted by Gasteiger charge is 2.08. The Kier molecular flexibility index (Phi) is 9.41. The van der Waals surface area contributed by atoms with Crippen molar-refractivity contribution in [3.05, 3.63) is 28.8 Å². The van der Waals surface area contributed by atoms with Gasteiger partial charge in [0.2, 0.25) is 0 Å². The van der Waals surface area contributed by atoms with Crippen LogP contribution < -0.4 is 10.1 Å². The first-order chi connectivity index (χ1) is 9.79. The molecule has 114 valence electrons. The lowest BCUT2D eigenvalue weighted by Crippen LogP contribution is -2.19. The standard InChI is InChI=1S/C15H24ClNO3/c1-3-19-9-5-10-20-15-13(6-4-7-14(15)16)12-17-8-11-18-2/h4,6-7,17H,3,5,8-12H2,1-2H3. The molecule has 0 spiro atoms. The van der Waals surface area contributed by atoms with Gasteiger partial charge >= 0.3 is 0 Å². The van der Waals surface area contributed by atoms with Gasteiger partial charge in [0.1, 0.15) is 5.75 Å². The van der Waals surface area contributed by atoms with Crippen molar-refractivity contribution in [1.29, 1.82) is 0 Å². The Morgan fingerprint density at radius 1 is 1.20 bits per heavy atom. The monoisotopic (exact) mass is 301 g/mol. The van der Waals surface area contributed by atoms with Crippen LogP contribution in [0.4, 0.5) is 0 Å². The topological polar surface area (TPSA) is 39.7 Å². The van der Waals surface area contributed by atoms with Gasteiger partial charge in [0.25, 0.3) is 0 Å². The van der Waals surface area contributed by atoms with Gasteiger partial charge in [-0.1, -0.05) is 23.7 Å². The number of para-hydroxylation sites is 1. The second-order valence-electron chi connectivity index (χ2n) is 4.30. The van der Waals surface area contributed by atoms with Crippen molar-refractivity contribution in [2.24, 2.45) is 0 Å². The molecule has 0 heterocycles. The first-order valence-corrected chi connectivity index (χ1v) is 7.35.